The van der Waals surface area contributed by atoms with Crippen molar-refractivity contribution < 1.29 is 9.53 Å². The molecule has 1 aromatic carbocycles. The molecule has 0 aliphatic heterocycles. The number of carbonyl (C=O) groups is 1. The molecule has 0 saturated carbocycles. The second-order valence-corrected chi connectivity index (χ2v) is 4.60. The quantitative estimate of drug-likeness (QED) is 0.716. The Morgan fingerprint density at radius 3 is 2.48 bits per heavy atom. The summed E-state index contributed by atoms with van der Waals surface area (Å²) in [5.74, 6) is -0.455. The predicted molar refractivity (Wildman–Crippen MR) is 80.5 cm³/mol. The van der Waals surface area contributed by atoms with Crippen LogP contribution in [0.3, 0.4) is 0 Å². The molecule has 1 atom stereocenters. The smallest absolute Gasteiger partial charge is 0.243 e. The first kappa shape index (κ1) is 15.2. The molecule has 0 aliphatic carbocycles. The molecule has 0 aliphatic rings. The van der Waals surface area contributed by atoms with Crippen LogP contribution in [0.15, 0.2) is 54.9 Å². The SMILES string of the molecule is NC(=O)COCCNC(c1ccccc1)c1ccncc1. The number of nitrogens with two attached hydrogens (primary N) is 1. The van der Waals surface area contributed by atoms with Gasteiger partial charge in [0.1, 0.15) is 6.61 Å². The zero-order valence-corrected chi connectivity index (χ0v) is 11.7. The highest BCUT2D eigenvalue weighted by Crippen LogP contribution is 2.20. The molecule has 3 N–H and O–H groups in total. The number of primary amides is 1. The largest absolute Gasteiger partial charge is 0.370 e. The normalized spacial score (nSPS) is 12.0. The lowest BCUT2D eigenvalue weighted by Gasteiger charge is -2.19. The van der Waals surface area contributed by atoms with Crippen molar-refractivity contribution in [3.63, 3.8) is 0 Å². The lowest BCUT2D eigenvalue weighted by atomic mass is 10.00. The van der Waals surface area contributed by atoms with E-state index >= 15 is 0 Å². The second kappa shape index (κ2) is 8.14. The summed E-state index contributed by atoms with van der Waals surface area (Å²) in [5.41, 5.74) is 7.32. The number of nitrogens with one attached hydrogen (secondary N) is 1. The number of amides is 1. The van der Waals surface area contributed by atoms with E-state index in [1.54, 1.807) is 12.4 Å². The van der Waals surface area contributed by atoms with Crippen molar-refractivity contribution in [2.75, 3.05) is 19.8 Å². The number of nitrogens with zero attached hydrogens (tertiary/aromatic N) is 1. The Morgan fingerprint density at radius 2 is 1.81 bits per heavy atom. The van der Waals surface area contributed by atoms with E-state index in [9.17, 15) is 4.79 Å². The number of aromatic nitrogens is 1. The summed E-state index contributed by atoms with van der Waals surface area (Å²) >= 11 is 0. The molecule has 0 saturated heterocycles. The highest BCUT2D eigenvalue weighted by atomic mass is 16.5. The van der Waals surface area contributed by atoms with Crippen LogP contribution in [0.2, 0.25) is 0 Å². The Bertz CT molecular complexity index is 506. The van der Waals surface area contributed by atoms with E-state index < -0.39 is 5.91 Å². The Kier molecular flexibility index (Phi) is 5.87. The highest BCUT2D eigenvalue weighted by molar-refractivity contribution is 5.74. The summed E-state index contributed by atoms with van der Waals surface area (Å²) in [7, 11) is 0. The lowest BCUT2D eigenvalue weighted by Crippen LogP contribution is -2.28. The average Bonchev–Trinajstić information content (AvgIpc) is 2.52. The predicted octanol–water partition coefficient (Wildman–Crippen LogP) is 1.26. The third-order valence-corrected chi connectivity index (χ3v) is 3.01. The molecule has 5 heteroatoms. The highest BCUT2D eigenvalue weighted by Gasteiger charge is 2.12. The van der Waals surface area contributed by atoms with Crippen molar-refractivity contribution in [3.8, 4) is 0 Å². The summed E-state index contributed by atoms with van der Waals surface area (Å²) in [4.78, 5) is 14.7. The minimum absolute atomic E-state index is 0.0487. The van der Waals surface area contributed by atoms with Gasteiger partial charge in [-0.25, -0.2) is 0 Å². The van der Waals surface area contributed by atoms with Crippen LogP contribution in [0.4, 0.5) is 0 Å². The maximum atomic E-state index is 10.6. The Balaban J connectivity index is 1.99. The number of pyridine rings is 1. The molecule has 1 amide bonds. The zero-order chi connectivity index (χ0) is 14.9. The van der Waals surface area contributed by atoms with E-state index in [2.05, 4.69) is 22.4 Å². The van der Waals surface area contributed by atoms with Gasteiger partial charge in [-0.3, -0.25) is 9.78 Å². The molecule has 0 spiro atoms. The van der Waals surface area contributed by atoms with Crippen LogP contribution in [-0.2, 0) is 9.53 Å². The minimum atomic E-state index is -0.455. The fourth-order valence-electron chi connectivity index (χ4n) is 2.08. The third kappa shape index (κ3) is 4.98. The maximum Gasteiger partial charge on any atom is 0.243 e. The Hall–Kier alpha value is -2.24. The monoisotopic (exact) mass is 285 g/mol. The number of benzene rings is 1. The molecule has 21 heavy (non-hydrogen) atoms. The fraction of sp³-hybridized carbons (Fsp3) is 0.250. The van der Waals surface area contributed by atoms with Crippen molar-refractivity contribution in [2.45, 2.75) is 6.04 Å². The number of rotatable bonds is 8. The van der Waals surface area contributed by atoms with Gasteiger partial charge in [-0.2, -0.15) is 0 Å². The van der Waals surface area contributed by atoms with E-state index in [-0.39, 0.29) is 12.6 Å². The number of hydrogen-bond acceptors (Lipinski definition) is 4. The fourth-order valence-corrected chi connectivity index (χ4v) is 2.08. The summed E-state index contributed by atoms with van der Waals surface area (Å²) in [6, 6.07) is 14.2. The molecular weight excluding hydrogens is 266 g/mol. The van der Waals surface area contributed by atoms with Gasteiger partial charge in [0.15, 0.2) is 0 Å². The molecule has 2 aromatic rings. The molecular formula is C16H19N3O2. The van der Waals surface area contributed by atoms with Crippen LogP contribution in [0.1, 0.15) is 17.2 Å². The van der Waals surface area contributed by atoms with Gasteiger partial charge < -0.3 is 15.8 Å². The van der Waals surface area contributed by atoms with Crippen molar-refractivity contribution in [1.82, 2.24) is 10.3 Å². The van der Waals surface area contributed by atoms with Gasteiger partial charge in [-0.1, -0.05) is 30.3 Å². The third-order valence-electron chi connectivity index (χ3n) is 3.01. The molecule has 0 bridgehead atoms. The van der Waals surface area contributed by atoms with Crippen molar-refractivity contribution >= 4 is 5.91 Å². The molecule has 1 unspecified atom stereocenters. The second-order valence-electron chi connectivity index (χ2n) is 4.60. The number of hydrogen-bond donors (Lipinski definition) is 2. The lowest BCUT2D eigenvalue weighted by molar-refractivity contribution is -0.122. The molecule has 2 rings (SSSR count). The van der Waals surface area contributed by atoms with E-state index in [0.717, 1.165) is 5.56 Å². The maximum absolute atomic E-state index is 10.6. The van der Waals surface area contributed by atoms with Crippen molar-refractivity contribution in [1.29, 1.82) is 0 Å². The van der Waals surface area contributed by atoms with Crippen LogP contribution < -0.4 is 11.1 Å². The van der Waals surface area contributed by atoms with Gasteiger partial charge in [0.2, 0.25) is 5.91 Å². The number of carbonyl (C=O) groups excluding carboxylic acids is 1. The Labute approximate surface area is 124 Å². The summed E-state index contributed by atoms with van der Waals surface area (Å²) in [6.45, 7) is 0.999. The van der Waals surface area contributed by atoms with E-state index in [0.29, 0.717) is 13.2 Å². The first-order valence-electron chi connectivity index (χ1n) is 6.81. The van der Waals surface area contributed by atoms with E-state index in [4.69, 9.17) is 10.5 Å². The Morgan fingerprint density at radius 1 is 1.14 bits per heavy atom. The molecule has 1 heterocycles. The van der Waals surface area contributed by atoms with Gasteiger partial charge >= 0.3 is 0 Å². The van der Waals surface area contributed by atoms with Gasteiger partial charge in [0.25, 0.3) is 0 Å². The van der Waals surface area contributed by atoms with Crippen LogP contribution in [0, 0.1) is 0 Å². The average molecular weight is 285 g/mol. The van der Waals surface area contributed by atoms with Crippen LogP contribution in [-0.4, -0.2) is 30.6 Å². The molecule has 0 fully saturated rings. The van der Waals surface area contributed by atoms with Gasteiger partial charge in [0, 0.05) is 18.9 Å². The van der Waals surface area contributed by atoms with Crippen LogP contribution in [0.25, 0.3) is 0 Å². The van der Waals surface area contributed by atoms with Crippen molar-refractivity contribution in [3.05, 3.63) is 66.0 Å². The van der Waals surface area contributed by atoms with E-state index in [1.165, 1.54) is 5.56 Å². The molecule has 0 radical (unpaired) electrons. The zero-order valence-electron chi connectivity index (χ0n) is 11.7. The van der Waals surface area contributed by atoms with Gasteiger partial charge in [0.05, 0.1) is 12.6 Å². The summed E-state index contributed by atoms with van der Waals surface area (Å²) < 4.78 is 5.17. The molecule has 110 valence electrons. The summed E-state index contributed by atoms with van der Waals surface area (Å²) in [6.07, 6.45) is 3.55. The topological polar surface area (TPSA) is 77.2 Å². The van der Waals surface area contributed by atoms with E-state index in [1.807, 2.05) is 30.3 Å². The minimum Gasteiger partial charge on any atom is -0.370 e. The van der Waals surface area contributed by atoms with Gasteiger partial charge in [-0.15, -0.1) is 0 Å². The molecule has 1 aromatic heterocycles. The van der Waals surface area contributed by atoms with Crippen LogP contribution in [0.5, 0.6) is 0 Å². The number of ether oxygens (including phenoxy) is 1. The standard InChI is InChI=1S/C16H19N3O2/c17-15(20)12-21-11-10-19-16(13-4-2-1-3-5-13)14-6-8-18-9-7-14/h1-9,16,19H,10-12H2,(H2,17,20). The van der Waals surface area contributed by atoms with Gasteiger partial charge in [-0.05, 0) is 23.3 Å². The van der Waals surface area contributed by atoms with Crippen LogP contribution >= 0.6 is 0 Å². The summed E-state index contributed by atoms with van der Waals surface area (Å²) in [5, 5.41) is 3.42. The first-order chi connectivity index (χ1) is 10.3. The first-order valence-corrected chi connectivity index (χ1v) is 6.81. The molecule has 5 nitrogen and oxygen atoms in total. The van der Waals surface area contributed by atoms with Crippen molar-refractivity contribution in [2.24, 2.45) is 5.73 Å².